The molecule has 1 heterocycles. The lowest BCUT2D eigenvalue weighted by atomic mass is 9.98. The third-order valence-corrected chi connectivity index (χ3v) is 5.86. The summed E-state index contributed by atoms with van der Waals surface area (Å²) in [5.74, 6) is -2.84. The quantitative estimate of drug-likeness (QED) is 0.507. The number of hydrogen-bond acceptors (Lipinski definition) is 6. The summed E-state index contributed by atoms with van der Waals surface area (Å²) in [5.41, 5.74) is 4.42. The van der Waals surface area contributed by atoms with Gasteiger partial charge >= 0.3 is 12.1 Å². The van der Waals surface area contributed by atoms with Crippen LogP contribution in [-0.2, 0) is 19.1 Å². The van der Waals surface area contributed by atoms with E-state index in [0.29, 0.717) is 0 Å². The number of fused-ring (bicyclic) bond motifs is 3. The number of carboxylic acid groups (broad SMARTS) is 1. The Morgan fingerprint density at radius 1 is 1.03 bits per heavy atom. The predicted molar refractivity (Wildman–Crippen MR) is 113 cm³/mol. The highest BCUT2D eigenvalue weighted by Gasteiger charge is 2.37. The Morgan fingerprint density at radius 2 is 1.66 bits per heavy atom. The van der Waals surface area contributed by atoms with Gasteiger partial charge in [0, 0.05) is 5.92 Å². The number of aliphatic hydroxyl groups excluding tert-OH is 1. The maximum Gasteiger partial charge on any atom is 0.407 e. The topological polar surface area (TPSA) is 134 Å². The van der Waals surface area contributed by atoms with Gasteiger partial charge in [0.1, 0.15) is 12.6 Å². The van der Waals surface area contributed by atoms with E-state index in [9.17, 15) is 14.4 Å². The molecule has 1 saturated heterocycles. The van der Waals surface area contributed by atoms with Gasteiger partial charge in [0.2, 0.25) is 5.91 Å². The van der Waals surface area contributed by atoms with Gasteiger partial charge in [-0.2, -0.15) is 0 Å². The number of aliphatic carboxylic acids is 1. The van der Waals surface area contributed by atoms with E-state index < -0.39 is 42.6 Å². The molecule has 1 aliphatic carbocycles. The zero-order valence-electron chi connectivity index (χ0n) is 17.2. The summed E-state index contributed by atoms with van der Waals surface area (Å²) in [5, 5.41) is 23.0. The minimum absolute atomic E-state index is 0.0257. The van der Waals surface area contributed by atoms with Crippen molar-refractivity contribution in [1.29, 1.82) is 0 Å². The second-order valence-corrected chi connectivity index (χ2v) is 7.80. The van der Waals surface area contributed by atoms with Gasteiger partial charge in [0.25, 0.3) is 0 Å². The Hall–Kier alpha value is -3.43. The van der Waals surface area contributed by atoms with Crippen molar-refractivity contribution in [3.8, 4) is 11.1 Å². The Labute approximate surface area is 184 Å². The van der Waals surface area contributed by atoms with Crippen molar-refractivity contribution in [1.82, 2.24) is 10.6 Å². The van der Waals surface area contributed by atoms with Crippen LogP contribution in [0, 0.1) is 5.92 Å². The average molecular weight is 440 g/mol. The number of aliphatic hydroxyl groups is 1. The lowest BCUT2D eigenvalue weighted by Gasteiger charge is -2.21. The van der Waals surface area contributed by atoms with E-state index in [0.717, 1.165) is 22.3 Å². The van der Waals surface area contributed by atoms with Crippen molar-refractivity contribution in [2.24, 2.45) is 5.92 Å². The molecule has 0 aromatic heterocycles. The molecule has 4 rings (SSSR count). The Kier molecular flexibility index (Phi) is 6.38. The van der Waals surface area contributed by atoms with Gasteiger partial charge in [0.15, 0.2) is 0 Å². The molecule has 0 spiro atoms. The molecule has 2 aromatic rings. The fourth-order valence-electron chi connectivity index (χ4n) is 4.21. The first kappa shape index (κ1) is 21.8. The van der Waals surface area contributed by atoms with Crippen LogP contribution in [0.4, 0.5) is 4.79 Å². The minimum Gasteiger partial charge on any atom is -0.480 e. The molecule has 2 aromatic carbocycles. The second kappa shape index (κ2) is 9.37. The SMILES string of the molecule is O=C(NC1COCC1C(=O)N[C@@H](CO)C(=O)O)OCC1c2ccccc2-c2ccccc21. The Balaban J connectivity index is 1.37. The first-order chi connectivity index (χ1) is 15.5. The molecule has 9 heteroatoms. The van der Waals surface area contributed by atoms with Crippen LogP contribution in [0.5, 0.6) is 0 Å². The average Bonchev–Trinajstić information content (AvgIpc) is 3.38. The van der Waals surface area contributed by atoms with Crippen molar-refractivity contribution in [3.05, 3.63) is 59.7 Å². The molecule has 0 bridgehead atoms. The monoisotopic (exact) mass is 440 g/mol. The first-order valence-corrected chi connectivity index (χ1v) is 10.3. The largest absolute Gasteiger partial charge is 0.480 e. The standard InChI is InChI=1S/C23H24N2O7/c26-9-19(22(28)29)24-21(27)18-10-31-12-20(18)25-23(30)32-11-17-15-7-3-1-5-13(15)14-6-2-4-8-16(14)17/h1-8,17-20,26H,9-12H2,(H,24,27)(H,25,30)(H,28,29)/t18?,19-,20?/m0/s1. The molecule has 0 radical (unpaired) electrons. The number of benzene rings is 2. The van der Waals surface area contributed by atoms with E-state index in [4.69, 9.17) is 19.7 Å². The molecule has 1 fully saturated rings. The Morgan fingerprint density at radius 3 is 2.25 bits per heavy atom. The summed E-state index contributed by atoms with van der Waals surface area (Å²) in [6.45, 7) is -0.480. The van der Waals surface area contributed by atoms with E-state index in [-0.39, 0.29) is 25.7 Å². The van der Waals surface area contributed by atoms with E-state index in [1.165, 1.54) is 0 Å². The van der Waals surface area contributed by atoms with Crippen LogP contribution in [0.25, 0.3) is 11.1 Å². The lowest BCUT2D eigenvalue weighted by Crippen LogP contribution is -2.51. The molecule has 0 saturated carbocycles. The van der Waals surface area contributed by atoms with Crippen LogP contribution in [0.1, 0.15) is 17.0 Å². The number of ether oxygens (including phenoxy) is 2. The van der Waals surface area contributed by atoms with Gasteiger partial charge in [-0.3, -0.25) is 4.79 Å². The molecular formula is C23H24N2O7. The number of carboxylic acids is 1. The molecule has 3 atom stereocenters. The third kappa shape index (κ3) is 4.30. The van der Waals surface area contributed by atoms with Crippen LogP contribution in [0.2, 0.25) is 0 Å². The summed E-state index contributed by atoms with van der Waals surface area (Å²) in [6, 6.07) is 13.9. The smallest absolute Gasteiger partial charge is 0.407 e. The number of hydrogen-bond donors (Lipinski definition) is 4. The van der Waals surface area contributed by atoms with Crippen LogP contribution >= 0.6 is 0 Å². The van der Waals surface area contributed by atoms with Gasteiger partial charge in [-0.05, 0) is 22.3 Å². The number of amides is 2. The highest BCUT2D eigenvalue weighted by molar-refractivity contribution is 5.86. The van der Waals surface area contributed by atoms with Crippen LogP contribution in [0.15, 0.2) is 48.5 Å². The number of carbonyl (C=O) groups is 3. The summed E-state index contributed by atoms with van der Waals surface area (Å²) in [6.07, 6.45) is -0.683. The predicted octanol–water partition coefficient (Wildman–Crippen LogP) is 1.10. The lowest BCUT2D eigenvalue weighted by molar-refractivity contribution is -0.143. The fourth-order valence-corrected chi connectivity index (χ4v) is 4.21. The zero-order chi connectivity index (χ0) is 22.7. The molecule has 9 nitrogen and oxygen atoms in total. The highest BCUT2D eigenvalue weighted by Crippen LogP contribution is 2.44. The first-order valence-electron chi connectivity index (χ1n) is 10.3. The van der Waals surface area contributed by atoms with E-state index in [1.54, 1.807) is 0 Å². The molecule has 32 heavy (non-hydrogen) atoms. The van der Waals surface area contributed by atoms with E-state index in [2.05, 4.69) is 10.6 Å². The van der Waals surface area contributed by atoms with Crippen molar-refractivity contribution in [3.63, 3.8) is 0 Å². The summed E-state index contributed by atoms with van der Waals surface area (Å²) < 4.78 is 10.8. The van der Waals surface area contributed by atoms with Crippen LogP contribution in [-0.4, -0.2) is 66.7 Å². The molecule has 2 amide bonds. The van der Waals surface area contributed by atoms with E-state index in [1.807, 2.05) is 48.5 Å². The normalized spacial score (nSPS) is 20.2. The molecule has 2 unspecified atom stereocenters. The van der Waals surface area contributed by atoms with Gasteiger partial charge in [0.05, 0.1) is 31.8 Å². The third-order valence-electron chi connectivity index (χ3n) is 5.86. The van der Waals surface area contributed by atoms with Gasteiger partial charge in [-0.15, -0.1) is 0 Å². The van der Waals surface area contributed by atoms with Crippen LogP contribution < -0.4 is 10.6 Å². The molecule has 168 valence electrons. The molecule has 1 aliphatic heterocycles. The van der Waals surface area contributed by atoms with Crippen molar-refractivity contribution < 1.29 is 34.1 Å². The van der Waals surface area contributed by atoms with Gasteiger partial charge in [-0.25, -0.2) is 9.59 Å². The molecular weight excluding hydrogens is 416 g/mol. The highest BCUT2D eigenvalue weighted by atomic mass is 16.5. The summed E-state index contributed by atoms with van der Waals surface area (Å²) in [7, 11) is 0. The number of alkyl carbamates (subject to hydrolysis) is 1. The number of nitrogens with one attached hydrogen (secondary N) is 2. The Bertz CT molecular complexity index is 979. The summed E-state index contributed by atoms with van der Waals surface area (Å²) in [4.78, 5) is 35.9. The number of rotatable bonds is 7. The van der Waals surface area contributed by atoms with Gasteiger partial charge in [-0.1, -0.05) is 48.5 Å². The maximum absolute atomic E-state index is 12.5. The molecule has 4 N–H and O–H groups in total. The zero-order valence-corrected chi connectivity index (χ0v) is 17.2. The summed E-state index contributed by atoms with van der Waals surface area (Å²) >= 11 is 0. The van der Waals surface area contributed by atoms with E-state index >= 15 is 0 Å². The fraction of sp³-hybridized carbons (Fsp3) is 0.348. The van der Waals surface area contributed by atoms with Gasteiger partial charge < -0.3 is 30.3 Å². The van der Waals surface area contributed by atoms with Crippen molar-refractivity contribution >= 4 is 18.0 Å². The van der Waals surface area contributed by atoms with Crippen molar-refractivity contribution in [2.45, 2.75) is 18.0 Å². The second-order valence-electron chi connectivity index (χ2n) is 7.80. The minimum atomic E-state index is -1.42. The number of carbonyl (C=O) groups excluding carboxylic acids is 2. The van der Waals surface area contributed by atoms with Crippen LogP contribution in [0.3, 0.4) is 0 Å². The van der Waals surface area contributed by atoms with Crippen molar-refractivity contribution in [2.75, 3.05) is 26.4 Å². The maximum atomic E-state index is 12.5. The molecule has 2 aliphatic rings.